The van der Waals surface area contributed by atoms with Crippen LogP contribution in [0.1, 0.15) is 48.2 Å². The SMILES string of the molecule is CCOc1ccc(C2C(C#N)=C(N)Oc3cc(OC(=O)c4ccc(OCC(C)C)cc4)ccc32)cc1. The Morgan fingerprint density at radius 2 is 1.64 bits per heavy atom. The maximum Gasteiger partial charge on any atom is 0.343 e. The minimum absolute atomic E-state index is 0.0179. The van der Waals surface area contributed by atoms with Gasteiger partial charge in [0, 0.05) is 11.6 Å². The van der Waals surface area contributed by atoms with Crippen LogP contribution in [0.3, 0.4) is 0 Å². The van der Waals surface area contributed by atoms with Crippen LogP contribution in [0.5, 0.6) is 23.0 Å². The van der Waals surface area contributed by atoms with Gasteiger partial charge in [0.2, 0.25) is 5.88 Å². The molecule has 7 heteroatoms. The third kappa shape index (κ3) is 5.44. The summed E-state index contributed by atoms with van der Waals surface area (Å²) in [6, 6.07) is 21.6. The van der Waals surface area contributed by atoms with Crippen LogP contribution in [0.25, 0.3) is 0 Å². The second-order valence-corrected chi connectivity index (χ2v) is 8.75. The first-order chi connectivity index (χ1) is 17.4. The molecule has 36 heavy (non-hydrogen) atoms. The Hall–Kier alpha value is -4.44. The molecule has 184 valence electrons. The largest absolute Gasteiger partial charge is 0.494 e. The molecule has 1 atom stereocenters. The molecule has 0 bridgehead atoms. The first-order valence-electron chi connectivity index (χ1n) is 11.8. The maximum atomic E-state index is 12.7. The lowest BCUT2D eigenvalue weighted by Gasteiger charge is -2.26. The van der Waals surface area contributed by atoms with Crippen molar-refractivity contribution < 1.29 is 23.7 Å². The molecule has 0 amide bonds. The van der Waals surface area contributed by atoms with Crippen LogP contribution in [-0.4, -0.2) is 19.2 Å². The van der Waals surface area contributed by atoms with Crippen LogP contribution in [-0.2, 0) is 0 Å². The summed E-state index contributed by atoms with van der Waals surface area (Å²) in [5.41, 5.74) is 8.42. The second-order valence-electron chi connectivity index (χ2n) is 8.75. The monoisotopic (exact) mass is 484 g/mol. The number of allylic oxidation sites excluding steroid dienone is 1. The summed E-state index contributed by atoms with van der Waals surface area (Å²) in [5, 5.41) is 9.77. The lowest BCUT2D eigenvalue weighted by Crippen LogP contribution is -2.21. The van der Waals surface area contributed by atoms with E-state index in [9.17, 15) is 10.1 Å². The highest BCUT2D eigenvalue weighted by atomic mass is 16.5. The van der Waals surface area contributed by atoms with Crippen molar-refractivity contribution in [1.29, 1.82) is 5.26 Å². The number of carbonyl (C=O) groups excluding carboxylic acids is 1. The zero-order chi connectivity index (χ0) is 25.7. The van der Waals surface area contributed by atoms with Gasteiger partial charge in [-0.1, -0.05) is 32.0 Å². The molecule has 3 aromatic carbocycles. The summed E-state index contributed by atoms with van der Waals surface area (Å²) < 4.78 is 22.5. The quantitative estimate of drug-likeness (QED) is 0.330. The van der Waals surface area contributed by atoms with E-state index in [0.717, 1.165) is 16.9 Å². The van der Waals surface area contributed by atoms with Gasteiger partial charge >= 0.3 is 5.97 Å². The van der Waals surface area contributed by atoms with E-state index < -0.39 is 11.9 Å². The molecule has 3 aromatic rings. The number of benzene rings is 3. The van der Waals surface area contributed by atoms with Crippen molar-refractivity contribution in [2.75, 3.05) is 13.2 Å². The first kappa shape index (κ1) is 24.7. The van der Waals surface area contributed by atoms with Crippen LogP contribution in [0.4, 0.5) is 0 Å². The fourth-order valence-corrected chi connectivity index (χ4v) is 3.88. The Labute approximate surface area is 210 Å². The van der Waals surface area contributed by atoms with E-state index in [2.05, 4.69) is 19.9 Å². The fourth-order valence-electron chi connectivity index (χ4n) is 3.88. The first-order valence-corrected chi connectivity index (χ1v) is 11.8. The van der Waals surface area contributed by atoms with Crippen LogP contribution in [0.15, 0.2) is 78.2 Å². The van der Waals surface area contributed by atoms with Crippen LogP contribution in [0.2, 0.25) is 0 Å². The molecule has 1 unspecified atom stereocenters. The van der Waals surface area contributed by atoms with Crippen molar-refractivity contribution in [3.05, 3.63) is 94.9 Å². The van der Waals surface area contributed by atoms with Gasteiger partial charge in [0.15, 0.2) is 0 Å². The fraction of sp³-hybridized carbons (Fsp3) is 0.241. The summed E-state index contributed by atoms with van der Waals surface area (Å²) in [7, 11) is 0. The number of carbonyl (C=O) groups is 1. The Morgan fingerprint density at radius 3 is 2.28 bits per heavy atom. The normalized spacial score (nSPS) is 14.5. The molecule has 2 N–H and O–H groups in total. The second kappa shape index (κ2) is 10.9. The number of fused-ring (bicyclic) bond motifs is 1. The zero-order valence-electron chi connectivity index (χ0n) is 20.5. The summed E-state index contributed by atoms with van der Waals surface area (Å²) in [6.45, 7) is 7.22. The Bertz CT molecular complexity index is 1300. The van der Waals surface area contributed by atoms with Gasteiger partial charge in [0.25, 0.3) is 0 Å². The van der Waals surface area contributed by atoms with Gasteiger partial charge in [0.1, 0.15) is 34.6 Å². The van der Waals surface area contributed by atoms with Crippen molar-refractivity contribution in [2.24, 2.45) is 11.7 Å². The number of hydrogen-bond acceptors (Lipinski definition) is 7. The summed E-state index contributed by atoms with van der Waals surface area (Å²) in [4.78, 5) is 12.7. The van der Waals surface area contributed by atoms with Gasteiger partial charge in [-0.25, -0.2) is 4.79 Å². The molecular formula is C29H28N2O5. The van der Waals surface area contributed by atoms with Gasteiger partial charge in [0.05, 0.1) is 24.7 Å². The molecule has 1 heterocycles. The van der Waals surface area contributed by atoms with E-state index >= 15 is 0 Å². The lowest BCUT2D eigenvalue weighted by molar-refractivity contribution is 0.0734. The van der Waals surface area contributed by atoms with Gasteiger partial charge in [-0.2, -0.15) is 5.26 Å². The molecule has 0 saturated heterocycles. The van der Waals surface area contributed by atoms with E-state index in [-0.39, 0.29) is 5.88 Å². The minimum atomic E-state index is -0.509. The predicted octanol–water partition coefficient (Wildman–Crippen LogP) is 5.56. The number of rotatable bonds is 8. The van der Waals surface area contributed by atoms with E-state index in [1.807, 2.05) is 31.2 Å². The molecule has 0 spiro atoms. The van der Waals surface area contributed by atoms with Gasteiger partial charge < -0.3 is 24.7 Å². The van der Waals surface area contributed by atoms with Crippen molar-refractivity contribution in [3.8, 4) is 29.1 Å². The predicted molar refractivity (Wildman–Crippen MR) is 135 cm³/mol. The van der Waals surface area contributed by atoms with Crippen molar-refractivity contribution in [2.45, 2.75) is 26.7 Å². The number of hydrogen-bond donors (Lipinski definition) is 1. The molecule has 1 aliphatic rings. The third-order valence-electron chi connectivity index (χ3n) is 5.60. The molecule has 0 fully saturated rings. The zero-order valence-corrected chi connectivity index (χ0v) is 20.5. The Balaban J connectivity index is 1.55. The van der Waals surface area contributed by atoms with E-state index in [1.54, 1.807) is 42.5 Å². The number of ether oxygens (including phenoxy) is 4. The van der Waals surface area contributed by atoms with Crippen molar-refractivity contribution >= 4 is 5.97 Å². The number of nitrogens with zero attached hydrogens (tertiary/aromatic N) is 1. The molecule has 7 nitrogen and oxygen atoms in total. The molecule has 0 aromatic heterocycles. The highest BCUT2D eigenvalue weighted by Crippen LogP contribution is 2.43. The molecule has 0 saturated carbocycles. The summed E-state index contributed by atoms with van der Waals surface area (Å²) >= 11 is 0. The summed E-state index contributed by atoms with van der Waals surface area (Å²) in [6.07, 6.45) is 0. The molecule has 0 radical (unpaired) electrons. The van der Waals surface area contributed by atoms with Crippen molar-refractivity contribution in [3.63, 3.8) is 0 Å². The van der Waals surface area contributed by atoms with Crippen LogP contribution >= 0.6 is 0 Å². The highest BCUT2D eigenvalue weighted by molar-refractivity contribution is 5.91. The van der Waals surface area contributed by atoms with E-state index in [4.69, 9.17) is 24.7 Å². The van der Waals surface area contributed by atoms with Gasteiger partial charge in [-0.05, 0) is 60.9 Å². The van der Waals surface area contributed by atoms with Gasteiger partial charge in [-0.3, -0.25) is 0 Å². The smallest absolute Gasteiger partial charge is 0.343 e. The minimum Gasteiger partial charge on any atom is -0.494 e. The molecule has 1 aliphatic heterocycles. The lowest BCUT2D eigenvalue weighted by atomic mass is 9.83. The van der Waals surface area contributed by atoms with E-state index in [0.29, 0.717) is 47.5 Å². The molecule has 0 aliphatic carbocycles. The number of nitriles is 1. The van der Waals surface area contributed by atoms with Gasteiger partial charge in [-0.15, -0.1) is 0 Å². The third-order valence-corrected chi connectivity index (χ3v) is 5.60. The Morgan fingerprint density at radius 1 is 1.00 bits per heavy atom. The summed E-state index contributed by atoms with van der Waals surface area (Å²) in [5.74, 6) is 1.66. The maximum absolute atomic E-state index is 12.7. The Kier molecular flexibility index (Phi) is 7.45. The number of esters is 1. The van der Waals surface area contributed by atoms with Crippen LogP contribution < -0.4 is 24.7 Å². The average Bonchev–Trinajstić information content (AvgIpc) is 2.87. The molecular weight excluding hydrogens is 456 g/mol. The van der Waals surface area contributed by atoms with E-state index in [1.165, 1.54) is 0 Å². The molecule has 4 rings (SSSR count). The number of nitrogens with two attached hydrogens (primary N) is 1. The topological polar surface area (TPSA) is 104 Å². The van der Waals surface area contributed by atoms with Crippen molar-refractivity contribution in [1.82, 2.24) is 0 Å². The van der Waals surface area contributed by atoms with Crippen LogP contribution in [0, 0.1) is 17.2 Å². The standard InChI is InChI=1S/C29H28N2O5/c1-4-33-21-9-5-19(6-10-21)27-24-14-13-23(15-26(24)36-28(31)25(27)16-30)35-29(32)20-7-11-22(12-8-20)34-17-18(2)3/h5-15,18,27H,4,17,31H2,1-3H3. The average molecular weight is 485 g/mol. The highest BCUT2D eigenvalue weighted by Gasteiger charge is 2.31.